The molecule has 0 saturated carbocycles. The number of carbonyl (C=O) groups is 1. The standard InChI is InChI=1S/C18H23N3O/c1-12(19)15-7-5-9-21(11-15)18(22)16-10-14-6-3-4-8-17(14)20-13(16)2/h3-4,6,8,10,12,15H,5,7,9,11,19H2,1-2H3/t12-,15+/m1/s1. The first-order chi connectivity index (χ1) is 10.6. The smallest absolute Gasteiger partial charge is 0.255 e. The molecular formula is C18H23N3O. The zero-order chi connectivity index (χ0) is 15.7. The molecule has 1 aliphatic heterocycles. The number of piperidine rings is 1. The molecule has 2 heterocycles. The minimum absolute atomic E-state index is 0.0844. The van der Waals surface area contributed by atoms with Crippen molar-refractivity contribution in [1.29, 1.82) is 0 Å². The number of likely N-dealkylation sites (tertiary alicyclic amines) is 1. The number of nitrogens with two attached hydrogens (primary N) is 1. The molecular weight excluding hydrogens is 274 g/mol. The molecule has 0 unspecified atom stereocenters. The average molecular weight is 297 g/mol. The minimum Gasteiger partial charge on any atom is -0.338 e. The Hall–Kier alpha value is -1.94. The van der Waals surface area contributed by atoms with E-state index in [9.17, 15) is 4.79 Å². The molecule has 2 N–H and O–H groups in total. The van der Waals surface area contributed by atoms with Crippen LogP contribution >= 0.6 is 0 Å². The number of hydrogen-bond acceptors (Lipinski definition) is 3. The van der Waals surface area contributed by atoms with Crippen LogP contribution in [-0.4, -0.2) is 34.9 Å². The minimum atomic E-state index is 0.0844. The largest absolute Gasteiger partial charge is 0.338 e. The average Bonchev–Trinajstić information content (AvgIpc) is 2.53. The molecule has 4 heteroatoms. The van der Waals surface area contributed by atoms with Gasteiger partial charge in [-0.3, -0.25) is 9.78 Å². The van der Waals surface area contributed by atoms with Crippen molar-refractivity contribution >= 4 is 16.8 Å². The van der Waals surface area contributed by atoms with E-state index in [4.69, 9.17) is 5.73 Å². The maximum Gasteiger partial charge on any atom is 0.255 e. The van der Waals surface area contributed by atoms with Gasteiger partial charge < -0.3 is 10.6 Å². The summed E-state index contributed by atoms with van der Waals surface area (Å²) in [6.45, 7) is 5.51. The number of rotatable bonds is 2. The van der Waals surface area contributed by atoms with E-state index in [1.807, 2.05) is 49.1 Å². The highest BCUT2D eigenvalue weighted by molar-refractivity contribution is 5.98. The third-order valence-corrected chi connectivity index (χ3v) is 4.63. The molecule has 1 aliphatic rings. The van der Waals surface area contributed by atoms with E-state index in [1.54, 1.807) is 0 Å². The van der Waals surface area contributed by atoms with Crippen LogP contribution in [-0.2, 0) is 0 Å². The quantitative estimate of drug-likeness (QED) is 0.927. The molecule has 0 radical (unpaired) electrons. The summed E-state index contributed by atoms with van der Waals surface area (Å²) in [5, 5.41) is 1.01. The molecule has 2 aromatic rings. The molecule has 2 atom stereocenters. The van der Waals surface area contributed by atoms with Gasteiger partial charge in [0.1, 0.15) is 0 Å². The van der Waals surface area contributed by atoms with Gasteiger partial charge >= 0.3 is 0 Å². The third-order valence-electron chi connectivity index (χ3n) is 4.63. The zero-order valence-electron chi connectivity index (χ0n) is 13.2. The van der Waals surface area contributed by atoms with E-state index in [0.29, 0.717) is 11.5 Å². The molecule has 1 amide bonds. The maximum absolute atomic E-state index is 12.9. The summed E-state index contributed by atoms with van der Waals surface area (Å²) < 4.78 is 0. The molecule has 1 aromatic heterocycles. The molecule has 3 rings (SSSR count). The van der Waals surface area contributed by atoms with Crippen molar-refractivity contribution in [3.05, 3.63) is 41.6 Å². The van der Waals surface area contributed by atoms with Crippen molar-refractivity contribution in [2.24, 2.45) is 11.7 Å². The van der Waals surface area contributed by atoms with Crippen molar-refractivity contribution in [2.75, 3.05) is 13.1 Å². The van der Waals surface area contributed by atoms with Gasteiger partial charge in [-0.1, -0.05) is 18.2 Å². The Labute approximate surface area is 131 Å². The molecule has 1 fully saturated rings. The van der Waals surface area contributed by atoms with Crippen LogP contribution in [0.1, 0.15) is 35.8 Å². The number of pyridine rings is 1. The summed E-state index contributed by atoms with van der Waals surface area (Å²) in [6, 6.07) is 10.0. The first-order valence-electron chi connectivity index (χ1n) is 7.97. The highest BCUT2D eigenvalue weighted by Gasteiger charge is 2.27. The van der Waals surface area contributed by atoms with Gasteiger partial charge in [-0.15, -0.1) is 0 Å². The van der Waals surface area contributed by atoms with Crippen molar-refractivity contribution in [1.82, 2.24) is 9.88 Å². The van der Waals surface area contributed by atoms with E-state index < -0.39 is 0 Å². The fourth-order valence-electron chi connectivity index (χ4n) is 3.22. The van der Waals surface area contributed by atoms with Gasteiger partial charge in [0.2, 0.25) is 0 Å². The number of fused-ring (bicyclic) bond motifs is 1. The fraction of sp³-hybridized carbons (Fsp3) is 0.444. The van der Waals surface area contributed by atoms with E-state index in [0.717, 1.165) is 42.5 Å². The van der Waals surface area contributed by atoms with E-state index in [2.05, 4.69) is 4.98 Å². The molecule has 1 aromatic carbocycles. The van der Waals surface area contributed by atoms with Crippen LogP contribution in [0.4, 0.5) is 0 Å². The Morgan fingerprint density at radius 2 is 2.18 bits per heavy atom. The van der Waals surface area contributed by atoms with Crippen molar-refractivity contribution in [3.8, 4) is 0 Å². The lowest BCUT2D eigenvalue weighted by Gasteiger charge is -2.34. The molecule has 0 aliphatic carbocycles. The predicted molar refractivity (Wildman–Crippen MR) is 88.8 cm³/mol. The summed E-state index contributed by atoms with van der Waals surface area (Å²) in [6.07, 6.45) is 2.13. The molecule has 0 bridgehead atoms. The molecule has 1 saturated heterocycles. The maximum atomic E-state index is 12.9. The summed E-state index contributed by atoms with van der Waals surface area (Å²) in [5.74, 6) is 0.479. The molecule has 116 valence electrons. The van der Waals surface area contributed by atoms with Crippen LogP contribution in [0.2, 0.25) is 0 Å². The van der Waals surface area contributed by atoms with Gasteiger partial charge in [0.05, 0.1) is 16.8 Å². The number of benzene rings is 1. The van der Waals surface area contributed by atoms with Crippen LogP contribution in [0.15, 0.2) is 30.3 Å². The van der Waals surface area contributed by atoms with Gasteiger partial charge in [-0.2, -0.15) is 0 Å². The van der Waals surface area contributed by atoms with E-state index >= 15 is 0 Å². The Bertz CT molecular complexity index is 696. The van der Waals surface area contributed by atoms with Crippen LogP contribution in [0.3, 0.4) is 0 Å². The first-order valence-corrected chi connectivity index (χ1v) is 7.97. The summed E-state index contributed by atoms with van der Waals surface area (Å²) in [7, 11) is 0. The SMILES string of the molecule is Cc1nc2ccccc2cc1C(=O)N1CCC[C@H]([C@@H](C)N)C1. The number of nitrogens with zero attached hydrogens (tertiary/aromatic N) is 2. The van der Waals surface area contributed by atoms with E-state index in [1.165, 1.54) is 0 Å². The van der Waals surface area contributed by atoms with Crippen LogP contribution < -0.4 is 5.73 Å². The first kappa shape index (κ1) is 15.0. The van der Waals surface area contributed by atoms with Gasteiger partial charge in [0, 0.05) is 24.5 Å². The normalized spacial score (nSPS) is 20.1. The molecule has 0 spiro atoms. The Kier molecular flexibility index (Phi) is 4.12. The van der Waals surface area contributed by atoms with Crippen LogP contribution in [0.5, 0.6) is 0 Å². The van der Waals surface area contributed by atoms with Gasteiger partial charge in [0.15, 0.2) is 0 Å². The summed E-state index contributed by atoms with van der Waals surface area (Å²) in [4.78, 5) is 19.4. The zero-order valence-corrected chi connectivity index (χ0v) is 13.2. The van der Waals surface area contributed by atoms with Crippen LogP contribution in [0, 0.1) is 12.8 Å². The molecule has 22 heavy (non-hydrogen) atoms. The number of aromatic nitrogens is 1. The summed E-state index contributed by atoms with van der Waals surface area (Å²) >= 11 is 0. The lowest BCUT2D eigenvalue weighted by atomic mass is 9.91. The number of carbonyl (C=O) groups excluding carboxylic acids is 1. The Morgan fingerprint density at radius 3 is 2.95 bits per heavy atom. The topological polar surface area (TPSA) is 59.2 Å². The fourth-order valence-corrected chi connectivity index (χ4v) is 3.22. The lowest BCUT2D eigenvalue weighted by Crippen LogP contribution is -2.45. The number of para-hydroxylation sites is 1. The number of aryl methyl sites for hydroxylation is 1. The monoisotopic (exact) mass is 297 g/mol. The lowest BCUT2D eigenvalue weighted by molar-refractivity contribution is 0.0660. The van der Waals surface area contributed by atoms with Gasteiger partial charge in [-0.25, -0.2) is 0 Å². The second-order valence-corrected chi connectivity index (χ2v) is 6.33. The third kappa shape index (κ3) is 2.83. The molecule has 4 nitrogen and oxygen atoms in total. The summed E-state index contributed by atoms with van der Waals surface area (Å²) in [5.41, 5.74) is 8.47. The highest BCUT2D eigenvalue weighted by atomic mass is 16.2. The van der Waals surface area contributed by atoms with E-state index in [-0.39, 0.29) is 11.9 Å². The number of hydrogen-bond donors (Lipinski definition) is 1. The van der Waals surface area contributed by atoms with Crippen molar-refractivity contribution in [3.63, 3.8) is 0 Å². The Balaban J connectivity index is 1.90. The number of amides is 1. The Morgan fingerprint density at radius 1 is 1.41 bits per heavy atom. The van der Waals surface area contributed by atoms with Crippen molar-refractivity contribution < 1.29 is 4.79 Å². The van der Waals surface area contributed by atoms with Crippen LogP contribution in [0.25, 0.3) is 10.9 Å². The second-order valence-electron chi connectivity index (χ2n) is 6.33. The highest BCUT2D eigenvalue weighted by Crippen LogP contribution is 2.23. The second kappa shape index (κ2) is 6.05. The van der Waals surface area contributed by atoms with Crippen molar-refractivity contribution in [2.45, 2.75) is 32.7 Å². The predicted octanol–water partition coefficient (Wildman–Crippen LogP) is 2.74. The van der Waals surface area contributed by atoms with Gasteiger partial charge in [0.25, 0.3) is 5.91 Å². The van der Waals surface area contributed by atoms with Gasteiger partial charge in [-0.05, 0) is 44.7 Å².